The van der Waals surface area contributed by atoms with Crippen LogP contribution in [0.2, 0.25) is 0 Å². The molecule has 0 aromatic heterocycles. The smallest absolute Gasteiger partial charge is 0.330 e. The van der Waals surface area contributed by atoms with Crippen LogP contribution >= 0.6 is 0 Å². The molecule has 1 saturated heterocycles. The lowest BCUT2D eigenvalue weighted by Gasteiger charge is -2.06. The Bertz CT molecular complexity index is 427. The number of esters is 1. The van der Waals surface area contributed by atoms with E-state index in [1.807, 2.05) is 30.3 Å². The number of carbonyl (C=O) groups is 1. The highest BCUT2D eigenvalue weighted by Gasteiger charge is 2.43. The fourth-order valence-corrected chi connectivity index (χ4v) is 1.83. The third-order valence-corrected chi connectivity index (χ3v) is 2.90. The lowest BCUT2D eigenvalue weighted by Crippen LogP contribution is -2.07. The Hall–Kier alpha value is -1.65. The van der Waals surface area contributed by atoms with Crippen molar-refractivity contribution >= 4 is 5.97 Å². The molecule has 0 aliphatic carbocycles. The summed E-state index contributed by atoms with van der Waals surface area (Å²) in [5.74, 6) is -0.379. The van der Waals surface area contributed by atoms with Crippen LogP contribution in [0.1, 0.15) is 18.1 Å². The summed E-state index contributed by atoms with van der Waals surface area (Å²) in [4.78, 5) is 10.9. The fraction of sp³-hybridized carbons (Fsp3) is 0.357. The minimum absolute atomic E-state index is 0.0267. The zero-order valence-corrected chi connectivity index (χ0v) is 10.2. The summed E-state index contributed by atoms with van der Waals surface area (Å²) in [6.45, 7) is 0. The maximum Gasteiger partial charge on any atom is 0.330 e. The number of benzene rings is 1. The maximum atomic E-state index is 10.9. The highest BCUT2D eigenvalue weighted by atomic mass is 16.6. The number of hydrogen-bond donors (Lipinski definition) is 1. The van der Waals surface area contributed by atoms with Gasteiger partial charge in [-0.3, -0.25) is 0 Å². The standard InChI is InChI=1S/C14H16O4/c1-17-12(15)9-5-8-11-14(18-11)13(16)10-6-3-2-4-7-10/h2-7,9,11,13-14,16H,8H2,1H3/b9-5-/t11-,13+,14+/m0/s1. The Kier molecular flexibility index (Phi) is 4.12. The van der Waals surface area contributed by atoms with Gasteiger partial charge in [-0.05, 0) is 12.0 Å². The number of aliphatic hydroxyl groups excluding tert-OH is 1. The van der Waals surface area contributed by atoms with E-state index in [4.69, 9.17) is 4.74 Å². The zero-order chi connectivity index (χ0) is 13.0. The van der Waals surface area contributed by atoms with Gasteiger partial charge in [-0.2, -0.15) is 0 Å². The quantitative estimate of drug-likeness (QED) is 0.488. The Morgan fingerprint density at radius 2 is 2.22 bits per heavy atom. The van der Waals surface area contributed by atoms with Crippen molar-refractivity contribution in [3.63, 3.8) is 0 Å². The average Bonchev–Trinajstić information content (AvgIpc) is 3.18. The molecule has 2 rings (SSSR count). The van der Waals surface area contributed by atoms with Gasteiger partial charge < -0.3 is 14.6 Å². The third-order valence-electron chi connectivity index (χ3n) is 2.90. The average molecular weight is 248 g/mol. The van der Waals surface area contributed by atoms with Crippen LogP contribution in [-0.2, 0) is 14.3 Å². The first-order valence-corrected chi connectivity index (χ1v) is 5.85. The molecule has 0 amide bonds. The number of hydrogen-bond acceptors (Lipinski definition) is 4. The Morgan fingerprint density at radius 1 is 1.50 bits per heavy atom. The van der Waals surface area contributed by atoms with Gasteiger partial charge in [0.15, 0.2) is 0 Å². The second-order valence-corrected chi connectivity index (χ2v) is 4.16. The zero-order valence-electron chi connectivity index (χ0n) is 10.2. The number of rotatable bonds is 5. The Labute approximate surface area is 106 Å². The van der Waals surface area contributed by atoms with Gasteiger partial charge in [-0.15, -0.1) is 0 Å². The van der Waals surface area contributed by atoms with E-state index in [2.05, 4.69) is 4.74 Å². The molecule has 0 bridgehead atoms. The highest BCUT2D eigenvalue weighted by Crippen LogP contribution is 2.36. The van der Waals surface area contributed by atoms with Crippen LogP contribution in [0.15, 0.2) is 42.5 Å². The second-order valence-electron chi connectivity index (χ2n) is 4.16. The van der Waals surface area contributed by atoms with Crippen molar-refractivity contribution in [1.82, 2.24) is 0 Å². The van der Waals surface area contributed by atoms with Gasteiger partial charge in [0.05, 0.1) is 13.2 Å². The molecule has 1 aliphatic rings. The van der Waals surface area contributed by atoms with E-state index in [9.17, 15) is 9.90 Å². The molecule has 4 nitrogen and oxygen atoms in total. The summed E-state index contributed by atoms with van der Waals surface area (Å²) in [5.41, 5.74) is 0.849. The lowest BCUT2D eigenvalue weighted by molar-refractivity contribution is -0.134. The van der Waals surface area contributed by atoms with Gasteiger partial charge in [0, 0.05) is 6.08 Å². The molecule has 1 N–H and O–H groups in total. The Balaban J connectivity index is 1.81. The van der Waals surface area contributed by atoms with E-state index in [1.54, 1.807) is 6.08 Å². The number of ether oxygens (including phenoxy) is 2. The van der Waals surface area contributed by atoms with Crippen LogP contribution in [0.25, 0.3) is 0 Å². The van der Waals surface area contributed by atoms with Crippen LogP contribution in [0.4, 0.5) is 0 Å². The third kappa shape index (κ3) is 3.18. The molecular weight excluding hydrogens is 232 g/mol. The van der Waals surface area contributed by atoms with Crippen molar-refractivity contribution in [2.24, 2.45) is 0 Å². The van der Waals surface area contributed by atoms with E-state index in [0.717, 1.165) is 5.56 Å². The molecule has 96 valence electrons. The van der Waals surface area contributed by atoms with Gasteiger partial charge in [0.2, 0.25) is 0 Å². The summed E-state index contributed by atoms with van der Waals surface area (Å²) in [6.07, 6.45) is 2.85. The minimum Gasteiger partial charge on any atom is -0.466 e. The minimum atomic E-state index is -0.609. The molecule has 0 unspecified atom stereocenters. The van der Waals surface area contributed by atoms with Gasteiger partial charge in [0.25, 0.3) is 0 Å². The summed E-state index contributed by atoms with van der Waals surface area (Å²) in [7, 11) is 1.34. The SMILES string of the molecule is COC(=O)/C=C\C[C@@H]1O[C@H]1[C@H](O)c1ccccc1. The van der Waals surface area contributed by atoms with Crippen molar-refractivity contribution in [1.29, 1.82) is 0 Å². The topological polar surface area (TPSA) is 59.1 Å². The van der Waals surface area contributed by atoms with Crippen LogP contribution < -0.4 is 0 Å². The van der Waals surface area contributed by atoms with Gasteiger partial charge in [-0.1, -0.05) is 36.4 Å². The Morgan fingerprint density at radius 3 is 2.89 bits per heavy atom. The summed E-state index contributed by atoms with van der Waals surface area (Å²) in [6, 6.07) is 9.40. The predicted molar refractivity (Wildman–Crippen MR) is 65.8 cm³/mol. The van der Waals surface area contributed by atoms with Crippen LogP contribution in [0.3, 0.4) is 0 Å². The van der Waals surface area contributed by atoms with Crippen LogP contribution in [0, 0.1) is 0 Å². The lowest BCUT2D eigenvalue weighted by atomic mass is 10.0. The molecule has 0 radical (unpaired) electrons. The molecule has 1 aromatic rings. The molecule has 1 fully saturated rings. The molecule has 1 heterocycles. The summed E-state index contributed by atoms with van der Waals surface area (Å²) in [5, 5.41) is 10.0. The molecule has 0 saturated carbocycles. The van der Waals surface area contributed by atoms with Crippen molar-refractivity contribution in [3.05, 3.63) is 48.0 Å². The number of aliphatic hydroxyl groups is 1. The van der Waals surface area contributed by atoms with E-state index in [0.29, 0.717) is 6.42 Å². The van der Waals surface area contributed by atoms with Crippen molar-refractivity contribution in [2.75, 3.05) is 7.11 Å². The first-order chi connectivity index (χ1) is 8.72. The normalized spacial score (nSPS) is 23.9. The summed E-state index contributed by atoms with van der Waals surface area (Å²) < 4.78 is 9.88. The molecule has 1 aromatic carbocycles. The maximum absolute atomic E-state index is 10.9. The molecule has 4 heteroatoms. The number of epoxide rings is 1. The van der Waals surface area contributed by atoms with Gasteiger partial charge in [0.1, 0.15) is 12.2 Å². The molecule has 3 atom stereocenters. The van der Waals surface area contributed by atoms with Crippen LogP contribution in [0.5, 0.6) is 0 Å². The van der Waals surface area contributed by atoms with Gasteiger partial charge >= 0.3 is 5.97 Å². The van der Waals surface area contributed by atoms with E-state index >= 15 is 0 Å². The second kappa shape index (κ2) is 5.80. The molecule has 1 aliphatic heterocycles. The first-order valence-electron chi connectivity index (χ1n) is 5.85. The number of carbonyl (C=O) groups excluding carboxylic acids is 1. The van der Waals surface area contributed by atoms with Crippen molar-refractivity contribution < 1.29 is 19.4 Å². The van der Waals surface area contributed by atoms with Crippen molar-refractivity contribution in [2.45, 2.75) is 24.7 Å². The summed E-state index contributed by atoms with van der Waals surface area (Å²) >= 11 is 0. The molecular formula is C14H16O4. The monoisotopic (exact) mass is 248 g/mol. The van der Waals surface area contributed by atoms with E-state index in [-0.39, 0.29) is 18.2 Å². The van der Waals surface area contributed by atoms with E-state index < -0.39 is 6.10 Å². The van der Waals surface area contributed by atoms with E-state index in [1.165, 1.54) is 13.2 Å². The predicted octanol–water partition coefficient (Wildman–Crippen LogP) is 1.61. The largest absolute Gasteiger partial charge is 0.466 e. The fourth-order valence-electron chi connectivity index (χ4n) is 1.83. The van der Waals surface area contributed by atoms with Crippen molar-refractivity contribution in [3.8, 4) is 0 Å². The molecule has 0 spiro atoms. The number of methoxy groups -OCH3 is 1. The van der Waals surface area contributed by atoms with Gasteiger partial charge in [-0.25, -0.2) is 4.79 Å². The first kappa shape index (κ1) is 12.8. The van der Waals surface area contributed by atoms with Crippen LogP contribution in [-0.4, -0.2) is 30.4 Å². The molecule has 18 heavy (non-hydrogen) atoms. The highest BCUT2D eigenvalue weighted by molar-refractivity contribution is 5.81.